The first-order chi connectivity index (χ1) is 11.0. The Labute approximate surface area is 137 Å². The van der Waals surface area contributed by atoms with Gasteiger partial charge in [-0.15, -0.1) is 0 Å². The summed E-state index contributed by atoms with van der Waals surface area (Å²) in [5, 5.41) is 10.4. The summed E-state index contributed by atoms with van der Waals surface area (Å²) in [4.78, 5) is 2.53. The van der Waals surface area contributed by atoms with Crippen molar-refractivity contribution in [3.8, 4) is 11.5 Å². The average molecular weight is 311 g/mol. The van der Waals surface area contributed by atoms with E-state index in [1.165, 1.54) is 11.1 Å². The zero-order valence-electron chi connectivity index (χ0n) is 14.1. The highest BCUT2D eigenvalue weighted by atomic mass is 16.5. The third kappa shape index (κ3) is 1.50. The molecule has 2 bridgehead atoms. The van der Waals surface area contributed by atoms with Crippen molar-refractivity contribution in [1.29, 1.82) is 0 Å². The van der Waals surface area contributed by atoms with E-state index in [0.29, 0.717) is 29.5 Å². The second kappa shape index (κ2) is 4.32. The Kier molecular flexibility index (Phi) is 2.62. The van der Waals surface area contributed by atoms with Crippen molar-refractivity contribution in [2.45, 2.75) is 44.2 Å². The van der Waals surface area contributed by atoms with Crippen LogP contribution in [0.5, 0.6) is 11.5 Å². The molecule has 2 aliphatic carbocycles. The molecule has 1 aromatic carbocycles. The van der Waals surface area contributed by atoms with Gasteiger partial charge in [0.25, 0.3) is 0 Å². The highest BCUT2D eigenvalue weighted by Gasteiger charge is 2.64. The van der Waals surface area contributed by atoms with Crippen LogP contribution in [0, 0.1) is 17.8 Å². The number of ether oxygens (including phenoxy) is 1. The lowest BCUT2D eigenvalue weighted by atomic mass is 9.51. The van der Waals surface area contributed by atoms with E-state index in [9.17, 15) is 5.11 Å². The van der Waals surface area contributed by atoms with Gasteiger partial charge >= 0.3 is 0 Å². The van der Waals surface area contributed by atoms with E-state index in [1.807, 2.05) is 6.07 Å². The standard InChI is InChI=1S/C20H25NO2/c1-11(2)13-5-6-14-15-10-12-4-7-16(22)18-17(12)20(14,19(13)23-18)8-9-21(15)3/h4-7,11,13-15,19,22H,8-10H2,1-3H3/t13-,14+,15-,19+,20+/m1/s1. The summed E-state index contributed by atoms with van der Waals surface area (Å²) in [6, 6.07) is 4.52. The van der Waals surface area contributed by atoms with Crippen molar-refractivity contribution in [3.63, 3.8) is 0 Å². The van der Waals surface area contributed by atoms with Crippen LogP contribution in [0.25, 0.3) is 0 Å². The lowest BCUT2D eigenvalue weighted by Crippen LogP contribution is -2.64. The molecule has 0 aromatic heterocycles. The molecule has 1 aromatic rings. The number of likely N-dealkylation sites (N-methyl/N-ethyl adjacent to an activating group) is 1. The molecule has 5 atom stereocenters. The van der Waals surface area contributed by atoms with E-state index in [4.69, 9.17) is 4.74 Å². The molecule has 0 saturated carbocycles. The van der Waals surface area contributed by atoms with E-state index < -0.39 is 0 Å². The van der Waals surface area contributed by atoms with Crippen molar-refractivity contribution in [3.05, 3.63) is 35.4 Å². The van der Waals surface area contributed by atoms with Gasteiger partial charge in [0.1, 0.15) is 6.10 Å². The van der Waals surface area contributed by atoms with E-state index in [1.54, 1.807) is 0 Å². The molecule has 0 amide bonds. The summed E-state index contributed by atoms with van der Waals surface area (Å²) in [6.07, 6.45) is 7.26. The first-order valence-corrected chi connectivity index (χ1v) is 8.94. The predicted octanol–water partition coefficient (Wildman–Crippen LogP) is 3.11. The first kappa shape index (κ1) is 13.9. The van der Waals surface area contributed by atoms with Gasteiger partial charge in [-0.25, -0.2) is 0 Å². The van der Waals surface area contributed by atoms with E-state index >= 15 is 0 Å². The van der Waals surface area contributed by atoms with Crippen molar-refractivity contribution < 1.29 is 9.84 Å². The fourth-order valence-electron chi connectivity index (χ4n) is 5.87. The van der Waals surface area contributed by atoms with Crippen molar-refractivity contribution >= 4 is 0 Å². The highest BCUT2D eigenvalue weighted by Crippen LogP contribution is 2.63. The summed E-state index contributed by atoms with van der Waals surface area (Å²) in [5.41, 5.74) is 2.81. The van der Waals surface area contributed by atoms with Crippen LogP contribution in [0.4, 0.5) is 0 Å². The van der Waals surface area contributed by atoms with Gasteiger partial charge in [0, 0.05) is 28.9 Å². The summed E-state index contributed by atoms with van der Waals surface area (Å²) in [5.74, 6) is 2.59. The average Bonchev–Trinajstić information content (AvgIpc) is 2.87. The molecular weight excluding hydrogens is 286 g/mol. The Morgan fingerprint density at radius 1 is 1.30 bits per heavy atom. The van der Waals surface area contributed by atoms with Crippen LogP contribution in [0.1, 0.15) is 31.4 Å². The second-order valence-corrected chi connectivity index (χ2v) is 8.26. The number of hydrogen-bond acceptors (Lipinski definition) is 3. The van der Waals surface area contributed by atoms with Gasteiger partial charge in [-0.05, 0) is 44.0 Å². The predicted molar refractivity (Wildman–Crippen MR) is 89.9 cm³/mol. The molecule has 5 rings (SSSR count). The summed E-state index contributed by atoms with van der Waals surface area (Å²) >= 11 is 0. The Balaban J connectivity index is 1.80. The monoisotopic (exact) mass is 311 g/mol. The minimum atomic E-state index is 0.0719. The number of likely N-dealkylation sites (tertiary alicyclic amines) is 1. The number of rotatable bonds is 1. The molecule has 4 aliphatic rings. The maximum Gasteiger partial charge on any atom is 0.165 e. The van der Waals surface area contributed by atoms with Gasteiger partial charge in [0.2, 0.25) is 0 Å². The normalized spacial score (nSPS) is 40.2. The fourth-order valence-corrected chi connectivity index (χ4v) is 5.87. The molecule has 0 radical (unpaired) electrons. The number of phenols is 1. The summed E-state index contributed by atoms with van der Waals surface area (Å²) < 4.78 is 6.50. The van der Waals surface area contributed by atoms with Crippen molar-refractivity contribution in [2.24, 2.45) is 17.8 Å². The van der Waals surface area contributed by atoms with Crippen LogP contribution >= 0.6 is 0 Å². The zero-order valence-corrected chi connectivity index (χ0v) is 14.1. The summed E-state index contributed by atoms with van der Waals surface area (Å²) in [7, 11) is 2.26. The maximum absolute atomic E-state index is 10.4. The van der Waals surface area contributed by atoms with Gasteiger partial charge in [-0.1, -0.05) is 32.1 Å². The number of nitrogens with zero attached hydrogens (tertiary/aromatic N) is 1. The molecule has 1 N–H and O–H groups in total. The van der Waals surface area contributed by atoms with Crippen LogP contribution in [0.3, 0.4) is 0 Å². The highest BCUT2D eigenvalue weighted by molar-refractivity contribution is 5.61. The molecule has 2 heterocycles. The fraction of sp³-hybridized carbons (Fsp3) is 0.600. The third-order valence-electron chi connectivity index (χ3n) is 6.98. The quantitative estimate of drug-likeness (QED) is 0.809. The van der Waals surface area contributed by atoms with Crippen LogP contribution in [-0.4, -0.2) is 35.7 Å². The summed E-state index contributed by atoms with van der Waals surface area (Å²) in [6.45, 7) is 5.69. The van der Waals surface area contributed by atoms with E-state index in [2.05, 4.69) is 44.0 Å². The lowest BCUT2D eigenvalue weighted by molar-refractivity contribution is -0.0254. The van der Waals surface area contributed by atoms with Gasteiger partial charge in [0.15, 0.2) is 11.5 Å². The van der Waals surface area contributed by atoms with Gasteiger partial charge in [-0.2, -0.15) is 0 Å². The van der Waals surface area contributed by atoms with Crippen LogP contribution in [-0.2, 0) is 11.8 Å². The molecule has 2 aliphatic heterocycles. The topological polar surface area (TPSA) is 32.7 Å². The van der Waals surface area contributed by atoms with Crippen molar-refractivity contribution in [1.82, 2.24) is 4.90 Å². The number of piperidine rings is 1. The minimum absolute atomic E-state index is 0.0719. The minimum Gasteiger partial charge on any atom is -0.504 e. The van der Waals surface area contributed by atoms with Crippen LogP contribution in [0.2, 0.25) is 0 Å². The van der Waals surface area contributed by atoms with Gasteiger partial charge < -0.3 is 14.7 Å². The molecule has 1 saturated heterocycles. The molecule has 122 valence electrons. The Hall–Kier alpha value is -1.48. The maximum atomic E-state index is 10.4. The largest absolute Gasteiger partial charge is 0.504 e. The van der Waals surface area contributed by atoms with Crippen molar-refractivity contribution in [2.75, 3.05) is 13.6 Å². The molecule has 3 nitrogen and oxygen atoms in total. The Morgan fingerprint density at radius 2 is 2.13 bits per heavy atom. The van der Waals surface area contributed by atoms with E-state index in [0.717, 1.165) is 25.1 Å². The molecule has 1 spiro atoms. The smallest absolute Gasteiger partial charge is 0.165 e. The van der Waals surface area contributed by atoms with Gasteiger partial charge in [0.05, 0.1) is 0 Å². The number of hydrogen-bond donors (Lipinski definition) is 1. The number of phenolic OH excluding ortho intramolecular Hbond substituents is 1. The SMILES string of the molecule is CC(C)[C@H]1C=C[C@H]2[C@H]3Cc4ccc(O)c5c4[C@@]2(CCN3C)[C@H]1O5. The Morgan fingerprint density at radius 3 is 2.91 bits per heavy atom. The number of benzene rings is 1. The first-order valence-electron chi connectivity index (χ1n) is 8.94. The molecule has 23 heavy (non-hydrogen) atoms. The molecule has 3 heteroatoms. The second-order valence-electron chi connectivity index (χ2n) is 8.26. The van der Waals surface area contributed by atoms with Gasteiger partial charge in [-0.3, -0.25) is 0 Å². The molecular formula is C20H25NO2. The molecule has 1 fully saturated rings. The third-order valence-corrected chi connectivity index (χ3v) is 6.98. The zero-order chi connectivity index (χ0) is 15.9. The molecule has 0 unspecified atom stereocenters. The Bertz CT molecular complexity index is 710. The lowest BCUT2D eigenvalue weighted by Gasteiger charge is -2.57. The van der Waals surface area contributed by atoms with E-state index in [-0.39, 0.29) is 11.5 Å². The number of aromatic hydroxyl groups is 1. The van der Waals surface area contributed by atoms with Crippen LogP contribution in [0.15, 0.2) is 24.3 Å². The van der Waals surface area contributed by atoms with Crippen LogP contribution < -0.4 is 4.74 Å².